The number of amides is 1. The van der Waals surface area contributed by atoms with Gasteiger partial charge in [-0.25, -0.2) is 9.37 Å². The highest BCUT2D eigenvalue weighted by Crippen LogP contribution is 2.07. The summed E-state index contributed by atoms with van der Waals surface area (Å²) in [5.41, 5.74) is 1.15. The number of halogens is 1. The third kappa shape index (κ3) is 2.88. The van der Waals surface area contributed by atoms with Gasteiger partial charge in [0.2, 0.25) is 0 Å². The van der Waals surface area contributed by atoms with E-state index in [4.69, 9.17) is 0 Å². The molecule has 1 heterocycles. The molecule has 0 aliphatic rings. The molecular weight excluding hydrogens is 233 g/mol. The molecule has 92 valence electrons. The molecule has 0 N–H and O–H groups in total. The van der Waals surface area contributed by atoms with E-state index in [2.05, 4.69) is 9.97 Å². The normalized spacial score (nSPS) is 10.1. The molecule has 2 aromatic rings. The van der Waals surface area contributed by atoms with Gasteiger partial charge in [-0.1, -0.05) is 12.1 Å². The highest BCUT2D eigenvalue weighted by atomic mass is 19.1. The molecule has 0 radical (unpaired) electrons. The van der Waals surface area contributed by atoms with Crippen LogP contribution in [0.25, 0.3) is 0 Å². The van der Waals surface area contributed by atoms with E-state index < -0.39 is 0 Å². The molecule has 1 aromatic heterocycles. The average Bonchev–Trinajstić information content (AvgIpc) is 2.41. The van der Waals surface area contributed by atoms with Crippen LogP contribution in [0.4, 0.5) is 4.39 Å². The van der Waals surface area contributed by atoms with Crippen molar-refractivity contribution in [2.24, 2.45) is 0 Å². The van der Waals surface area contributed by atoms with E-state index >= 15 is 0 Å². The summed E-state index contributed by atoms with van der Waals surface area (Å²) in [6, 6.07) is 6.04. The summed E-state index contributed by atoms with van der Waals surface area (Å²) in [6.07, 6.45) is 4.40. The molecule has 0 fully saturated rings. The Kier molecular flexibility index (Phi) is 3.62. The van der Waals surface area contributed by atoms with E-state index in [1.807, 2.05) is 0 Å². The lowest BCUT2D eigenvalue weighted by Crippen LogP contribution is -2.27. The molecule has 2 rings (SSSR count). The van der Waals surface area contributed by atoms with Crippen molar-refractivity contribution in [3.05, 3.63) is 59.9 Å². The van der Waals surface area contributed by atoms with E-state index in [1.54, 1.807) is 19.2 Å². The lowest BCUT2D eigenvalue weighted by Gasteiger charge is -2.16. The summed E-state index contributed by atoms with van der Waals surface area (Å²) >= 11 is 0. The average molecular weight is 245 g/mol. The maximum Gasteiger partial charge on any atom is 0.274 e. The lowest BCUT2D eigenvalue weighted by atomic mass is 10.2. The van der Waals surface area contributed by atoms with Gasteiger partial charge in [-0.3, -0.25) is 9.78 Å². The molecule has 4 nitrogen and oxygen atoms in total. The Morgan fingerprint density at radius 3 is 2.61 bits per heavy atom. The Bertz CT molecular complexity index is 528. The largest absolute Gasteiger partial charge is 0.336 e. The van der Waals surface area contributed by atoms with Crippen LogP contribution in [0.5, 0.6) is 0 Å². The number of nitrogens with zero attached hydrogens (tertiary/aromatic N) is 3. The second kappa shape index (κ2) is 5.35. The number of rotatable bonds is 3. The van der Waals surface area contributed by atoms with Crippen LogP contribution < -0.4 is 0 Å². The third-order valence-electron chi connectivity index (χ3n) is 2.46. The minimum absolute atomic E-state index is 0.215. The van der Waals surface area contributed by atoms with Crippen LogP contribution in [0.3, 0.4) is 0 Å². The zero-order valence-corrected chi connectivity index (χ0v) is 9.88. The molecule has 0 saturated heterocycles. The summed E-state index contributed by atoms with van der Waals surface area (Å²) < 4.78 is 12.7. The van der Waals surface area contributed by atoms with E-state index in [0.29, 0.717) is 12.2 Å². The zero-order valence-electron chi connectivity index (χ0n) is 9.88. The molecule has 0 unspecified atom stereocenters. The first-order valence-corrected chi connectivity index (χ1v) is 5.43. The number of carbonyl (C=O) groups excluding carboxylic acids is 1. The van der Waals surface area contributed by atoms with Crippen LogP contribution in [0.1, 0.15) is 16.1 Å². The van der Waals surface area contributed by atoms with Gasteiger partial charge >= 0.3 is 0 Å². The van der Waals surface area contributed by atoms with Crippen LogP contribution in [0.2, 0.25) is 0 Å². The summed E-state index contributed by atoms with van der Waals surface area (Å²) in [7, 11) is 1.67. The summed E-state index contributed by atoms with van der Waals surface area (Å²) in [4.78, 5) is 21.3. The number of hydrogen-bond acceptors (Lipinski definition) is 3. The number of benzene rings is 1. The van der Waals surface area contributed by atoms with Crippen molar-refractivity contribution in [1.29, 1.82) is 0 Å². The number of aromatic nitrogens is 2. The van der Waals surface area contributed by atoms with Crippen molar-refractivity contribution < 1.29 is 9.18 Å². The molecule has 0 spiro atoms. The van der Waals surface area contributed by atoms with E-state index in [-0.39, 0.29) is 11.7 Å². The molecule has 5 heteroatoms. The summed E-state index contributed by atoms with van der Waals surface area (Å²) in [5.74, 6) is -0.505. The second-order valence-corrected chi connectivity index (χ2v) is 3.88. The minimum Gasteiger partial charge on any atom is -0.336 e. The molecule has 0 bridgehead atoms. The fourth-order valence-corrected chi connectivity index (χ4v) is 1.54. The molecule has 0 atom stereocenters. The van der Waals surface area contributed by atoms with Crippen molar-refractivity contribution in [3.63, 3.8) is 0 Å². The van der Waals surface area contributed by atoms with Crippen molar-refractivity contribution in [3.8, 4) is 0 Å². The Hall–Kier alpha value is -2.30. The highest BCUT2D eigenvalue weighted by molar-refractivity contribution is 5.91. The SMILES string of the molecule is CN(Cc1ccc(F)cc1)C(=O)c1cnccn1. The Labute approximate surface area is 104 Å². The van der Waals surface area contributed by atoms with E-state index in [0.717, 1.165) is 5.56 Å². The van der Waals surface area contributed by atoms with Gasteiger partial charge in [0.1, 0.15) is 11.5 Å². The van der Waals surface area contributed by atoms with Crippen LogP contribution >= 0.6 is 0 Å². The zero-order chi connectivity index (χ0) is 13.0. The van der Waals surface area contributed by atoms with Crippen LogP contribution in [-0.4, -0.2) is 27.8 Å². The number of hydrogen-bond donors (Lipinski definition) is 0. The van der Waals surface area contributed by atoms with Crippen molar-refractivity contribution >= 4 is 5.91 Å². The maximum atomic E-state index is 12.7. The van der Waals surface area contributed by atoms with Gasteiger partial charge in [-0.05, 0) is 17.7 Å². The predicted octanol–water partition coefficient (Wildman–Crippen LogP) is 1.89. The topological polar surface area (TPSA) is 46.1 Å². The first kappa shape index (κ1) is 12.2. The number of carbonyl (C=O) groups is 1. The fraction of sp³-hybridized carbons (Fsp3) is 0.154. The maximum absolute atomic E-state index is 12.7. The molecule has 0 aliphatic carbocycles. The highest BCUT2D eigenvalue weighted by Gasteiger charge is 2.13. The van der Waals surface area contributed by atoms with Crippen LogP contribution in [0, 0.1) is 5.82 Å². The van der Waals surface area contributed by atoms with E-state index in [1.165, 1.54) is 35.6 Å². The van der Waals surface area contributed by atoms with Crippen LogP contribution in [-0.2, 0) is 6.54 Å². The predicted molar refractivity (Wildman–Crippen MR) is 64.2 cm³/mol. The molecule has 1 aromatic carbocycles. The summed E-state index contributed by atoms with van der Waals surface area (Å²) in [6.45, 7) is 0.398. The third-order valence-corrected chi connectivity index (χ3v) is 2.46. The van der Waals surface area contributed by atoms with Crippen molar-refractivity contribution in [2.45, 2.75) is 6.54 Å². The first-order chi connectivity index (χ1) is 8.66. The van der Waals surface area contributed by atoms with Crippen molar-refractivity contribution in [2.75, 3.05) is 7.05 Å². The minimum atomic E-state index is -0.290. The molecule has 1 amide bonds. The molecular formula is C13H12FN3O. The fourth-order valence-electron chi connectivity index (χ4n) is 1.54. The van der Waals surface area contributed by atoms with Gasteiger partial charge in [-0.2, -0.15) is 0 Å². The van der Waals surface area contributed by atoms with Gasteiger partial charge in [0.25, 0.3) is 5.91 Å². The van der Waals surface area contributed by atoms with Gasteiger partial charge in [-0.15, -0.1) is 0 Å². The standard InChI is InChI=1S/C13H12FN3O/c1-17(9-10-2-4-11(14)5-3-10)13(18)12-8-15-6-7-16-12/h2-8H,9H2,1H3. The van der Waals surface area contributed by atoms with E-state index in [9.17, 15) is 9.18 Å². The smallest absolute Gasteiger partial charge is 0.274 e. The monoisotopic (exact) mass is 245 g/mol. The quantitative estimate of drug-likeness (QED) is 0.829. The Balaban J connectivity index is 2.06. The molecule has 18 heavy (non-hydrogen) atoms. The van der Waals surface area contributed by atoms with Crippen LogP contribution in [0.15, 0.2) is 42.9 Å². The Morgan fingerprint density at radius 1 is 1.28 bits per heavy atom. The first-order valence-electron chi connectivity index (χ1n) is 5.43. The lowest BCUT2D eigenvalue weighted by molar-refractivity contribution is 0.0779. The van der Waals surface area contributed by atoms with Gasteiger partial charge < -0.3 is 4.90 Å². The second-order valence-electron chi connectivity index (χ2n) is 3.88. The van der Waals surface area contributed by atoms with Gasteiger partial charge in [0, 0.05) is 26.0 Å². The molecule has 0 aliphatic heterocycles. The summed E-state index contributed by atoms with van der Waals surface area (Å²) in [5, 5.41) is 0. The van der Waals surface area contributed by atoms with Gasteiger partial charge in [0.15, 0.2) is 0 Å². The Morgan fingerprint density at radius 2 is 2.00 bits per heavy atom. The van der Waals surface area contributed by atoms with Crippen molar-refractivity contribution in [1.82, 2.24) is 14.9 Å². The van der Waals surface area contributed by atoms with Gasteiger partial charge in [0.05, 0.1) is 6.20 Å². The molecule has 0 saturated carbocycles.